The fourth-order valence-electron chi connectivity index (χ4n) is 13.1. The average molecular weight is 766 g/mol. The lowest BCUT2D eigenvalue weighted by Crippen LogP contribution is -2.55. The van der Waals surface area contributed by atoms with Crippen molar-refractivity contribution in [1.29, 1.82) is 0 Å². The maximum Gasteiger partial charge on any atom is 0.129 e. The average Bonchev–Trinajstić information content (AvgIpc) is 3.55. The molecule has 5 nitrogen and oxygen atoms in total. The van der Waals surface area contributed by atoms with Gasteiger partial charge >= 0.3 is 0 Å². The number of anilines is 3. The van der Waals surface area contributed by atoms with E-state index in [0.29, 0.717) is 39.6 Å². The second kappa shape index (κ2) is 15.8. The van der Waals surface area contributed by atoms with Crippen LogP contribution in [0.15, 0.2) is 103 Å². The number of hydrogen-bond donors (Lipinski definition) is 3. The second-order valence-corrected chi connectivity index (χ2v) is 19.5. The van der Waals surface area contributed by atoms with Crippen LogP contribution < -0.4 is 26.7 Å². The van der Waals surface area contributed by atoms with Gasteiger partial charge in [0.15, 0.2) is 0 Å². The predicted octanol–water partition coefficient (Wildman–Crippen LogP) is 13.7. The highest BCUT2D eigenvalue weighted by Crippen LogP contribution is 2.70. The Bertz CT molecular complexity index is 2090. The van der Waals surface area contributed by atoms with Crippen LogP contribution in [-0.4, -0.2) is 0 Å². The summed E-state index contributed by atoms with van der Waals surface area (Å²) in [7, 11) is 0. The lowest BCUT2D eigenvalue weighted by molar-refractivity contribution is -0.122. The first-order valence-electron chi connectivity index (χ1n) is 22.1. The molecular formula is C52H67N3O2. The predicted molar refractivity (Wildman–Crippen MR) is 238 cm³/mol. The molecule has 0 bridgehead atoms. The van der Waals surface area contributed by atoms with E-state index in [0.717, 1.165) is 59.7 Å². The first kappa shape index (κ1) is 39.4. The van der Waals surface area contributed by atoms with E-state index in [9.17, 15) is 0 Å². The van der Waals surface area contributed by atoms with E-state index in [4.69, 9.17) is 26.7 Å². The summed E-state index contributed by atoms with van der Waals surface area (Å²) in [5.41, 5.74) is 24.9. The molecule has 4 aliphatic carbocycles. The van der Waals surface area contributed by atoms with Crippen LogP contribution in [0.3, 0.4) is 0 Å². The quantitative estimate of drug-likeness (QED) is 0.0802. The van der Waals surface area contributed by atoms with E-state index >= 15 is 0 Å². The maximum absolute atomic E-state index is 6.47. The van der Waals surface area contributed by atoms with E-state index in [1.165, 1.54) is 80.9 Å². The summed E-state index contributed by atoms with van der Waals surface area (Å²) in [4.78, 5) is 0. The van der Waals surface area contributed by atoms with Crippen molar-refractivity contribution in [3.05, 3.63) is 114 Å². The molecule has 0 aromatic heterocycles. The van der Waals surface area contributed by atoms with Gasteiger partial charge < -0.3 is 26.7 Å². The third-order valence-corrected chi connectivity index (χ3v) is 16.1. The Kier molecular flexibility index (Phi) is 10.9. The minimum Gasteiger partial charge on any atom is -0.457 e. The molecule has 8 rings (SSSR count). The van der Waals surface area contributed by atoms with Crippen molar-refractivity contribution in [3.8, 4) is 23.0 Å². The smallest absolute Gasteiger partial charge is 0.129 e. The van der Waals surface area contributed by atoms with Crippen molar-refractivity contribution in [2.45, 2.75) is 117 Å². The van der Waals surface area contributed by atoms with Crippen LogP contribution in [0.4, 0.5) is 17.1 Å². The molecule has 4 saturated carbocycles. The minimum atomic E-state index is -0.186. The summed E-state index contributed by atoms with van der Waals surface area (Å²) in [5, 5.41) is 0. The zero-order valence-corrected chi connectivity index (χ0v) is 35.2. The van der Waals surface area contributed by atoms with Gasteiger partial charge in [-0.25, -0.2) is 0 Å². The summed E-state index contributed by atoms with van der Waals surface area (Å²) >= 11 is 0. The lowest BCUT2D eigenvalue weighted by Gasteiger charge is -2.63. The largest absolute Gasteiger partial charge is 0.457 e. The molecule has 5 heteroatoms. The number of fused-ring (bicyclic) bond motifs is 5. The highest BCUT2D eigenvalue weighted by molar-refractivity contribution is 5.65. The van der Waals surface area contributed by atoms with Crippen molar-refractivity contribution in [3.63, 3.8) is 0 Å². The van der Waals surface area contributed by atoms with Crippen molar-refractivity contribution in [1.82, 2.24) is 0 Å². The Morgan fingerprint density at radius 1 is 0.684 bits per heavy atom. The number of allylic oxidation sites excluding steroid dienone is 2. The Hall–Kier alpha value is -4.38. The van der Waals surface area contributed by atoms with Gasteiger partial charge in [0, 0.05) is 23.2 Å². The number of benzene rings is 4. The number of unbranched alkanes of at least 4 members (excludes halogenated alkanes) is 1. The topological polar surface area (TPSA) is 96.5 Å². The third-order valence-electron chi connectivity index (χ3n) is 16.1. The van der Waals surface area contributed by atoms with Crippen LogP contribution >= 0.6 is 0 Å². The first-order chi connectivity index (χ1) is 27.4. The molecule has 9 unspecified atom stereocenters. The maximum atomic E-state index is 6.47. The minimum absolute atomic E-state index is 0.186. The van der Waals surface area contributed by atoms with Gasteiger partial charge in [-0.3, -0.25) is 0 Å². The zero-order chi connectivity index (χ0) is 40.0. The molecule has 9 atom stereocenters. The van der Waals surface area contributed by atoms with Crippen LogP contribution in [-0.2, 0) is 5.41 Å². The molecule has 4 fully saturated rings. The van der Waals surface area contributed by atoms with Gasteiger partial charge in [-0.2, -0.15) is 0 Å². The van der Waals surface area contributed by atoms with Crippen molar-refractivity contribution >= 4 is 17.1 Å². The van der Waals surface area contributed by atoms with Crippen molar-refractivity contribution < 1.29 is 9.47 Å². The summed E-state index contributed by atoms with van der Waals surface area (Å²) in [6, 6.07) is 30.9. The Labute approximate surface area is 342 Å². The van der Waals surface area contributed by atoms with Crippen molar-refractivity contribution in [2.75, 3.05) is 17.2 Å². The van der Waals surface area contributed by atoms with Gasteiger partial charge in [0.05, 0.1) is 11.4 Å². The molecule has 0 radical (unpaired) electrons. The lowest BCUT2D eigenvalue weighted by atomic mass is 9.42. The standard InChI is InChI=1S/C52H67N3O2/c1-34(2)11-6-7-12-35(3)45-22-23-46-44-21-19-38-33-52(28-27-50(38,4)47(44)25-26-51(45,46)5,36-13-8-16-40(29-36)56-42-18-10-15-39(53)31-42)37-14-9-17-41(30-37)57-43-20-24-48(54)49(55)32-43/h8-11,13-18,20,24,29-32,35,38,44-47H,6-7,12,19,21-23,25-28,33,53-55H2,1-5H3. The molecule has 4 aromatic rings. The molecule has 0 amide bonds. The second-order valence-electron chi connectivity index (χ2n) is 19.5. The van der Waals surface area contributed by atoms with E-state index < -0.39 is 0 Å². The van der Waals surface area contributed by atoms with Crippen LogP contribution in [0.5, 0.6) is 23.0 Å². The summed E-state index contributed by atoms with van der Waals surface area (Å²) in [5.74, 6) is 7.98. The normalized spacial score (nSPS) is 31.0. The number of rotatable bonds is 11. The van der Waals surface area contributed by atoms with E-state index in [-0.39, 0.29) is 5.41 Å². The Morgan fingerprint density at radius 2 is 1.33 bits per heavy atom. The fourth-order valence-corrected chi connectivity index (χ4v) is 13.1. The van der Waals surface area contributed by atoms with E-state index in [1.54, 1.807) is 0 Å². The summed E-state index contributed by atoms with van der Waals surface area (Å²) in [6.07, 6.45) is 18.2. The van der Waals surface area contributed by atoms with Gasteiger partial charge in [-0.15, -0.1) is 0 Å². The Balaban J connectivity index is 1.08. The number of nitrogen functional groups attached to an aromatic ring is 3. The molecule has 57 heavy (non-hydrogen) atoms. The number of hydrogen-bond acceptors (Lipinski definition) is 5. The SMILES string of the molecule is CC(C)=CCCCC(C)C1CCC2C3CCC4CC(c5cccc(Oc6cccc(N)c6)c5)(c5cccc(Oc6ccc(N)c(N)c6)c5)CCC4(C)C3CCC12C. The van der Waals surface area contributed by atoms with Crippen molar-refractivity contribution in [2.24, 2.45) is 46.3 Å². The molecule has 302 valence electrons. The van der Waals surface area contributed by atoms with Gasteiger partial charge in [-0.05, 0) is 190 Å². The fraction of sp³-hybridized carbons (Fsp3) is 0.500. The monoisotopic (exact) mass is 766 g/mol. The van der Waals surface area contributed by atoms with Gasteiger partial charge in [-0.1, -0.05) is 69.2 Å². The van der Waals surface area contributed by atoms with Gasteiger partial charge in [0.2, 0.25) is 0 Å². The number of nitrogens with two attached hydrogens (primary N) is 3. The molecule has 4 aromatic carbocycles. The number of ether oxygens (including phenoxy) is 2. The highest BCUT2D eigenvalue weighted by atomic mass is 16.5. The van der Waals surface area contributed by atoms with Crippen LogP contribution in [0.2, 0.25) is 0 Å². The summed E-state index contributed by atoms with van der Waals surface area (Å²) < 4.78 is 12.9. The molecule has 0 spiro atoms. The van der Waals surface area contributed by atoms with Crippen LogP contribution in [0.25, 0.3) is 0 Å². The first-order valence-corrected chi connectivity index (χ1v) is 22.1. The van der Waals surface area contributed by atoms with Gasteiger partial charge in [0.1, 0.15) is 23.0 Å². The summed E-state index contributed by atoms with van der Waals surface area (Å²) in [6.45, 7) is 12.5. The molecule has 0 heterocycles. The molecule has 0 aliphatic heterocycles. The van der Waals surface area contributed by atoms with Gasteiger partial charge in [0.25, 0.3) is 0 Å². The molecule has 6 N–H and O–H groups in total. The highest BCUT2D eigenvalue weighted by Gasteiger charge is 2.62. The van der Waals surface area contributed by atoms with Crippen LogP contribution in [0.1, 0.15) is 123 Å². The Morgan fingerprint density at radius 3 is 2.00 bits per heavy atom. The zero-order valence-electron chi connectivity index (χ0n) is 35.2. The van der Waals surface area contributed by atoms with E-state index in [1.807, 2.05) is 42.5 Å². The van der Waals surface area contributed by atoms with E-state index in [2.05, 4.69) is 89.2 Å². The molecule has 4 aliphatic rings. The van der Waals surface area contributed by atoms with Crippen LogP contribution in [0, 0.1) is 46.3 Å². The third kappa shape index (κ3) is 7.56. The molecule has 0 saturated heterocycles. The molecular weight excluding hydrogens is 699 g/mol.